The van der Waals surface area contributed by atoms with E-state index in [1.165, 1.54) is 0 Å². The van der Waals surface area contributed by atoms with Crippen LogP contribution in [0.4, 0.5) is 5.69 Å². The Kier molecular flexibility index (Phi) is 6.97. The molecule has 1 saturated carbocycles. The van der Waals surface area contributed by atoms with Gasteiger partial charge in [0.2, 0.25) is 5.91 Å². The lowest BCUT2D eigenvalue weighted by atomic mass is 9.54. The van der Waals surface area contributed by atoms with E-state index in [9.17, 15) is 4.79 Å². The summed E-state index contributed by atoms with van der Waals surface area (Å²) in [5.41, 5.74) is 6.88. The number of aromatic nitrogens is 1. The zero-order valence-electron chi connectivity index (χ0n) is 15.9. The van der Waals surface area contributed by atoms with Gasteiger partial charge in [0.15, 0.2) is 4.34 Å². The van der Waals surface area contributed by atoms with E-state index in [4.69, 9.17) is 10.5 Å². The molecule has 3 N–H and O–H groups in total. The molecular formula is C19H26ClN3O2S2. The monoisotopic (exact) mass is 427 g/mol. The fourth-order valence-corrected chi connectivity index (χ4v) is 4.96. The van der Waals surface area contributed by atoms with Gasteiger partial charge in [-0.3, -0.25) is 4.79 Å². The van der Waals surface area contributed by atoms with Crippen molar-refractivity contribution in [3.63, 3.8) is 0 Å². The van der Waals surface area contributed by atoms with Crippen LogP contribution in [0.2, 0.25) is 0 Å². The van der Waals surface area contributed by atoms with Crippen molar-refractivity contribution < 1.29 is 9.53 Å². The van der Waals surface area contributed by atoms with Gasteiger partial charge >= 0.3 is 0 Å². The first-order valence-electron chi connectivity index (χ1n) is 8.68. The Morgan fingerprint density at radius 3 is 2.59 bits per heavy atom. The second kappa shape index (κ2) is 8.49. The summed E-state index contributed by atoms with van der Waals surface area (Å²) < 4.78 is 6.71. The molecule has 1 amide bonds. The van der Waals surface area contributed by atoms with Gasteiger partial charge in [-0.15, -0.1) is 23.7 Å². The van der Waals surface area contributed by atoms with Crippen molar-refractivity contribution in [2.45, 2.75) is 55.0 Å². The number of benzene rings is 1. The van der Waals surface area contributed by atoms with Crippen LogP contribution in [0.1, 0.15) is 32.9 Å². The molecule has 0 radical (unpaired) electrons. The summed E-state index contributed by atoms with van der Waals surface area (Å²) in [5.74, 6) is -0.158. The summed E-state index contributed by atoms with van der Waals surface area (Å²) in [6.45, 7) is 8.56. The average Bonchev–Trinajstić information content (AvgIpc) is 3.01. The zero-order chi connectivity index (χ0) is 18.9. The van der Waals surface area contributed by atoms with Crippen LogP contribution < -0.4 is 11.1 Å². The first-order chi connectivity index (χ1) is 12.3. The normalized spacial score (nSPS) is 23.2. The second-order valence-electron chi connectivity index (χ2n) is 7.18. The predicted octanol–water partition coefficient (Wildman–Crippen LogP) is 4.50. The molecule has 1 aliphatic carbocycles. The van der Waals surface area contributed by atoms with Gasteiger partial charge in [0.25, 0.3) is 0 Å². The maximum atomic E-state index is 12.8. The van der Waals surface area contributed by atoms with Crippen molar-refractivity contribution in [2.75, 3.05) is 11.9 Å². The molecule has 1 heterocycles. The van der Waals surface area contributed by atoms with Gasteiger partial charge in [-0.25, -0.2) is 4.98 Å². The molecule has 1 aromatic heterocycles. The molecule has 27 heavy (non-hydrogen) atoms. The minimum Gasteiger partial charge on any atom is -0.378 e. The quantitative estimate of drug-likeness (QED) is 0.709. The molecule has 0 bridgehead atoms. The molecular weight excluding hydrogens is 402 g/mol. The minimum atomic E-state index is -0.918. The third-order valence-electron chi connectivity index (χ3n) is 5.15. The van der Waals surface area contributed by atoms with Crippen LogP contribution in [0.15, 0.2) is 38.9 Å². The van der Waals surface area contributed by atoms with Crippen molar-refractivity contribution in [2.24, 2.45) is 11.1 Å². The molecule has 5 nitrogen and oxygen atoms in total. The maximum Gasteiger partial charge on any atom is 0.245 e. The maximum absolute atomic E-state index is 12.8. The third kappa shape index (κ3) is 4.32. The molecule has 148 valence electrons. The topological polar surface area (TPSA) is 77.2 Å². The number of aryl methyl sites for hydroxylation is 1. The van der Waals surface area contributed by atoms with Crippen molar-refractivity contribution >= 4 is 47.1 Å². The number of thiazole rings is 1. The van der Waals surface area contributed by atoms with E-state index in [0.717, 1.165) is 20.6 Å². The Balaban J connectivity index is 0.00000261. The van der Waals surface area contributed by atoms with Gasteiger partial charge in [-0.1, -0.05) is 25.6 Å². The number of carbonyl (C=O) groups is 1. The number of nitrogens with one attached hydrogen (secondary N) is 1. The van der Waals surface area contributed by atoms with Crippen molar-refractivity contribution in [1.82, 2.24) is 4.98 Å². The Labute approximate surface area is 174 Å². The standard InChI is InChI=1S/C19H25N3O2S2.ClH/c1-5-24-15-10-19(20,18(15,3)4)16(23)22-13-6-8-14(9-7-13)26-17-21-12(2)11-25-17;/h6-9,11,15H,5,10,20H2,1-4H3,(H,22,23);1H. The van der Waals surface area contributed by atoms with Gasteiger partial charge in [0.05, 0.1) is 6.10 Å². The van der Waals surface area contributed by atoms with E-state index >= 15 is 0 Å². The van der Waals surface area contributed by atoms with Crippen LogP contribution in [0.5, 0.6) is 0 Å². The molecule has 1 aliphatic rings. The Bertz CT molecular complexity index is 795. The highest BCUT2D eigenvalue weighted by atomic mass is 35.5. The summed E-state index contributed by atoms with van der Waals surface area (Å²) in [4.78, 5) is 18.3. The van der Waals surface area contributed by atoms with Gasteiger partial charge in [0, 0.05) is 40.1 Å². The number of carbonyl (C=O) groups excluding carboxylic acids is 1. The molecule has 0 saturated heterocycles. The smallest absolute Gasteiger partial charge is 0.245 e. The number of ether oxygens (including phenoxy) is 1. The van der Waals surface area contributed by atoms with Crippen molar-refractivity contribution in [3.8, 4) is 0 Å². The SMILES string of the molecule is CCOC1CC(N)(C(=O)Nc2ccc(Sc3nc(C)cs3)cc2)C1(C)C.Cl. The summed E-state index contributed by atoms with van der Waals surface area (Å²) in [5, 5.41) is 4.99. The van der Waals surface area contributed by atoms with Crippen molar-refractivity contribution in [3.05, 3.63) is 35.3 Å². The minimum absolute atomic E-state index is 0. The number of hydrogen-bond donors (Lipinski definition) is 2. The number of rotatable bonds is 6. The van der Waals surface area contributed by atoms with Crippen LogP contribution in [0.3, 0.4) is 0 Å². The van der Waals surface area contributed by atoms with Gasteiger partial charge in [-0.05, 0) is 38.1 Å². The van der Waals surface area contributed by atoms with E-state index in [-0.39, 0.29) is 24.4 Å². The van der Waals surface area contributed by atoms with E-state index in [0.29, 0.717) is 13.0 Å². The summed E-state index contributed by atoms with van der Waals surface area (Å²) >= 11 is 3.25. The molecule has 3 rings (SSSR count). The fourth-order valence-electron chi connectivity index (χ4n) is 3.15. The van der Waals surface area contributed by atoms with Gasteiger partial charge in [0.1, 0.15) is 5.54 Å². The van der Waals surface area contributed by atoms with Crippen LogP contribution in [0, 0.1) is 12.3 Å². The van der Waals surface area contributed by atoms with E-state index in [2.05, 4.69) is 10.3 Å². The predicted molar refractivity (Wildman–Crippen MR) is 114 cm³/mol. The fraction of sp³-hybridized carbons (Fsp3) is 0.474. The number of anilines is 1. The van der Waals surface area contributed by atoms with Gasteiger partial charge < -0.3 is 15.8 Å². The molecule has 2 aromatic rings. The largest absolute Gasteiger partial charge is 0.378 e. The highest BCUT2D eigenvalue weighted by Crippen LogP contribution is 2.50. The summed E-state index contributed by atoms with van der Waals surface area (Å²) in [6, 6.07) is 7.76. The lowest BCUT2D eigenvalue weighted by Crippen LogP contribution is -2.74. The molecule has 2 unspecified atom stereocenters. The first-order valence-corrected chi connectivity index (χ1v) is 10.4. The highest BCUT2D eigenvalue weighted by molar-refractivity contribution is 8.01. The second-order valence-corrected chi connectivity index (χ2v) is 9.36. The Morgan fingerprint density at radius 1 is 1.41 bits per heavy atom. The molecule has 2 atom stereocenters. The highest BCUT2D eigenvalue weighted by Gasteiger charge is 2.62. The molecule has 8 heteroatoms. The summed E-state index contributed by atoms with van der Waals surface area (Å²) in [6.07, 6.45) is 0.556. The first kappa shape index (κ1) is 22.2. The van der Waals surface area contributed by atoms with E-state index in [1.54, 1.807) is 23.1 Å². The number of amides is 1. The Hall–Kier alpha value is -1.12. The van der Waals surface area contributed by atoms with Crippen LogP contribution in [0.25, 0.3) is 0 Å². The molecule has 1 fully saturated rings. The molecule has 1 aromatic carbocycles. The third-order valence-corrected chi connectivity index (χ3v) is 7.21. The number of nitrogens with two attached hydrogens (primary N) is 1. The number of nitrogens with zero attached hydrogens (tertiary/aromatic N) is 1. The van der Waals surface area contributed by atoms with E-state index < -0.39 is 11.0 Å². The number of halogens is 1. The van der Waals surface area contributed by atoms with E-state index in [1.807, 2.05) is 57.3 Å². The zero-order valence-corrected chi connectivity index (χ0v) is 18.4. The van der Waals surface area contributed by atoms with Crippen LogP contribution >= 0.6 is 35.5 Å². The van der Waals surface area contributed by atoms with Crippen LogP contribution in [-0.4, -0.2) is 29.1 Å². The Morgan fingerprint density at radius 2 is 2.07 bits per heavy atom. The van der Waals surface area contributed by atoms with Crippen LogP contribution in [-0.2, 0) is 9.53 Å². The average molecular weight is 428 g/mol. The van der Waals surface area contributed by atoms with Gasteiger partial charge in [-0.2, -0.15) is 0 Å². The number of hydrogen-bond acceptors (Lipinski definition) is 6. The molecule has 0 aliphatic heterocycles. The van der Waals surface area contributed by atoms with Crippen molar-refractivity contribution in [1.29, 1.82) is 0 Å². The summed E-state index contributed by atoms with van der Waals surface area (Å²) in [7, 11) is 0. The lowest BCUT2D eigenvalue weighted by Gasteiger charge is -2.57. The molecule has 0 spiro atoms. The lowest BCUT2D eigenvalue weighted by molar-refractivity contribution is -0.166.